The summed E-state index contributed by atoms with van der Waals surface area (Å²) in [6.07, 6.45) is 0. The second-order valence-electron chi connectivity index (χ2n) is 7.84. The summed E-state index contributed by atoms with van der Waals surface area (Å²) in [5, 5.41) is 4.69. The van der Waals surface area contributed by atoms with Crippen LogP contribution in [-0.2, 0) is 10.0 Å². The molecule has 8 nitrogen and oxygen atoms in total. The molecule has 2 aromatic heterocycles. The summed E-state index contributed by atoms with van der Waals surface area (Å²) in [7, 11) is -2.19. The maximum Gasteiger partial charge on any atom is 0.294 e. The Kier molecular flexibility index (Phi) is 5.33. The van der Waals surface area contributed by atoms with E-state index in [2.05, 4.69) is 14.9 Å². The average molecular weight is 476 g/mol. The molecule has 3 aromatic carbocycles. The molecule has 2 heterocycles. The van der Waals surface area contributed by atoms with Crippen molar-refractivity contribution in [3.8, 4) is 28.8 Å². The first-order valence-corrected chi connectivity index (χ1v) is 11.9. The number of hydrogen-bond donors (Lipinski definition) is 1. The van der Waals surface area contributed by atoms with E-state index in [1.165, 1.54) is 6.07 Å². The molecule has 0 spiro atoms. The lowest BCUT2D eigenvalue weighted by Gasteiger charge is -2.08. The Morgan fingerprint density at radius 3 is 2.50 bits per heavy atom. The zero-order valence-electron chi connectivity index (χ0n) is 18.7. The van der Waals surface area contributed by atoms with E-state index in [0.29, 0.717) is 33.8 Å². The fourth-order valence-corrected chi connectivity index (χ4v) is 4.74. The number of nitrogens with zero attached hydrogens (tertiary/aromatic N) is 2. The minimum atomic E-state index is -3.78. The molecule has 172 valence electrons. The van der Waals surface area contributed by atoms with Crippen LogP contribution in [0.4, 0.5) is 5.69 Å². The molecule has 1 N–H and O–H groups in total. The number of furan rings is 1. The maximum atomic E-state index is 13.0. The molecule has 0 aliphatic carbocycles. The van der Waals surface area contributed by atoms with Gasteiger partial charge in [0.15, 0.2) is 5.76 Å². The van der Waals surface area contributed by atoms with Gasteiger partial charge in [-0.25, -0.2) is 8.42 Å². The van der Waals surface area contributed by atoms with Crippen LogP contribution in [0.25, 0.3) is 34.0 Å². The molecule has 34 heavy (non-hydrogen) atoms. The van der Waals surface area contributed by atoms with Crippen LogP contribution < -0.4 is 9.46 Å². The molecule has 0 bridgehead atoms. The number of methoxy groups -OCH3 is 1. The van der Waals surface area contributed by atoms with E-state index in [9.17, 15) is 8.42 Å². The lowest BCUT2D eigenvalue weighted by atomic mass is 10.1. The maximum absolute atomic E-state index is 13.0. The van der Waals surface area contributed by atoms with E-state index in [0.717, 1.165) is 16.9 Å². The summed E-state index contributed by atoms with van der Waals surface area (Å²) in [5.41, 5.74) is 3.44. The Morgan fingerprint density at radius 1 is 0.971 bits per heavy atom. The minimum absolute atomic E-state index is 0.126. The van der Waals surface area contributed by atoms with Gasteiger partial charge in [0.05, 0.1) is 12.0 Å². The van der Waals surface area contributed by atoms with Crippen LogP contribution in [0.5, 0.6) is 5.75 Å². The van der Waals surface area contributed by atoms with Gasteiger partial charge in [-0.2, -0.15) is 4.98 Å². The van der Waals surface area contributed by atoms with Gasteiger partial charge in [-0.3, -0.25) is 4.72 Å². The van der Waals surface area contributed by atoms with Crippen LogP contribution in [-0.4, -0.2) is 25.7 Å². The predicted molar refractivity (Wildman–Crippen MR) is 128 cm³/mol. The van der Waals surface area contributed by atoms with Gasteiger partial charge in [0, 0.05) is 22.2 Å². The number of aromatic nitrogens is 2. The largest absolute Gasteiger partial charge is 0.497 e. The van der Waals surface area contributed by atoms with Gasteiger partial charge in [-0.1, -0.05) is 17.3 Å². The molecule has 0 atom stereocenters. The first kappa shape index (κ1) is 21.7. The van der Waals surface area contributed by atoms with Gasteiger partial charge >= 0.3 is 0 Å². The first-order chi connectivity index (χ1) is 16.3. The smallest absolute Gasteiger partial charge is 0.294 e. The van der Waals surface area contributed by atoms with E-state index in [1.807, 2.05) is 44.2 Å². The van der Waals surface area contributed by atoms with Gasteiger partial charge in [0.1, 0.15) is 11.3 Å². The number of rotatable bonds is 6. The van der Waals surface area contributed by atoms with E-state index >= 15 is 0 Å². The highest BCUT2D eigenvalue weighted by Gasteiger charge is 2.22. The fourth-order valence-electron chi connectivity index (χ4n) is 3.67. The molecule has 9 heteroatoms. The number of fused-ring (bicyclic) bond motifs is 1. The number of ether oxygens (including phenoxy) is 1. The number of anilines is 1. The Labute approximate surface area is 196 Å². The van der Waals surface area contributed by atoms with Crippen LogP contribution in [0.15, 0.2) is 80.6 Å². The van der Waals surface area contributed by atoms with Crippen molar-refractivity contribution >= 4 is 26.7 Å². The molecule has 5 aromatic rings. The van der Waals surface area contributed by atoms with Crippen LogP contribution in [0, 0.1) is 13.8 Å². The average Bonchev–Trinajstić information content (AvgIpc) is 3.43. The third kappa shape index (κ3) is 4.01. The molecule has 0 fully saturated rings. The van der Waals surface area contributed by atoms with Crippen molar-refractivity contribution in [1.82, 2.24) is 10.1 Å². The van der Waals surface area contributed by atoms with E-state index in [-0.39, 0.29) is 10.8 Å². The highest BCUT2D eigenvalue weighted by Crippen LogP contribution is 2.34. The van der Waals surface area contributed by atoms with E-state index < -0.39 is 10.0 Å². The highest BCUT2D eigenvalue weighted by molar-refractivity contribution is 7.92. The van der Waals surface area contributed by atoms with Gasteiger partial charge < -0.3 is 13.7 Å². The molecular weight excluding hydrogens is 454 g/mol. The zero-order chi connectivity index (χ0) is 23.9. The normalized spacial score (nSPS) is 11.6. The second-order valence-corrected chi connectivity index (χ2v) is 9.52. The Morgan fingerprint density at radius 2 is 1.76 bits per heavy atom. The number of aryl methyl sites for hydroxylation is 2. The van der Waals surface area contributed by atoms with Crippen molar-refractivity contribution in [2.45, 2.75) is 18.7 Å². The van der Waals surface area contributed by atoms with Crippen molar-refractivity contribution in [3.05, 3.63) is 77.9 Å². The monoisotopic (exact) mass is 475 g/mol. The molecule has 5 rings (SSSR count). The summed E-state index contributed by atoms with van der Waals surface area (Å²) in [6, 6.07) is 19.2. The molecule has 0 aliphatic rings. The predicted octanol–water partition coefficient (Wildman–Crippen LogP) is 5.58. The first-order valence-electron chi connectivity index (χ1n) is 10.5. The highest BCUT2D eigenvalue weighted by atomic mass is 32.2. The van der Waals surface area contributed by atoms with Crippen LogP contribution >= 0.6 is 0 Å². The van der Waals surface area contributed by atoms with Crippen molar-refractivity contribution in [3.63, 3.8) is 0 Å². The number of sulfonamides is 1. The summed E-state index contributed by atoms with van der Waals surface area (Å²) in [4.78, 5) is 4.58. The van der Waals surface area contributed by atoms with Gasteiger partial charge in [-0.15, -0.1) is 0 Å². The third-order valence-corrected chi connectivity index (χ3v) is 6.84. The fraction of sp³-hybridized carbons (Fsp3) is 0.120. The Hall–Kier alpha value is -4.11. The second kappa shape index (κ2) is 8.35. The van der Waals surface area contributed by atoms with Crippen molar-refractivity contribution in [1.29, 1.82) is 0 Å². The molecule has 0 saturated carbocycles. The summed E-state index contributed by atoms with van der Waals surface area (Å²) in [5.74, 6) is 1.73. The van der Waals surface area contributed by atoms with Crippen molar-refractivity contribution < 1.29 is 22.1 Å². The molecule has 0 radical (unpaired) electrons. The van der Waals surface area contributed by atoms with E-state index in [1.54, 1.807) is 37.4 Å². The standard InChI is InChI=1S/C25H21N3O5S/c1-15-5-4-6-18(13-15)28-34(29,30)20-11-12-22-21(14-20)16(2)23(32-22)25-26-24(27-33-25)17-7-9-19(31-3)10-8-17/h4-14,28H,1-3H3. The van der Waals surface area contributed by atoms with Crippen molar-refractivity contribution in [2.75, 3.05) is 11.8 Å². The molecule has 0 amide bonds. The van der Waals surface area contributed by atoms with Crippen molar-refractivity contribution in [2.24, 2.45) is 0 Å². The minimum Gasteiger partial charge on any atom is -0.497 e. The molecule has 0 aliphatic heterocycles. The quantitative estimate of drug-likeness (QED) is 0.342. The Bertz CT molecular complexity index is 1600. The lowest BCUT2D eigenvalue weighted by Crippen LogP contribution is -2.12. The Balaban J connectivity index is 1.48. The molecular formula is C25H21N3O5S. The summed E-state index contributed by atoms with van der Waals surface area (Å²) >= 11 is 0. The van der Waals surface area contributed by atoms with E-state index in [4.69, 9.17) is 13.7 Å². The SMILES string of the molecule is COc1ccc(-c2noc(-c3oc4ccc(S(=O)(=O)Nc5cccc(C)c5)cc4c3C)n2)cc1. The van der Waals surface area contributed by atoms with Crippen LogP contribution in [0.1, 0.15) is 11.1 Å². The number of nitrogens with one attached hydrogen (secondary N) is 1. The topological polar surface area (TPSA) is 107 Å². The number of hydrogen-bond acceptors (Lipinski definition) is 7. The van der Waals surface area contributed by atoms with Gasteiger partial charge in [-0.05, 0) is 74.0 Å². The summed E-state index contributed by atoms with van der Waals surface area (Å²) < 4.78 is 45.1. The number of benzene rings is 3. The van der Waals surface area contributed by atoms with Crippen LogP contribution in [0.3, 0.4) is 0 Å². The van der Waals surface area contributed by atoms with Gasteiger partial charge in [0.2, 0.25) is 5.82 Å². The third-order valence-electron chi connectivity index (χ3n) is 5.46. The zero-order valence-corrected chi connectivity index (χ0v) is 19.5. The van der Waals surface area contributed by atoms with Crippen LogP contribution in [0.2, 0.25) is 0 Å². The lowest BCUT2D eigenvalue weighted by molar-refractivity contribution is 0.414. The molecule has 0 unspecified atom stereocenters. The molecule has 0 saturated heterocycles. The summed E-state index contributed by atoms with van der Waals surface area (Å²) in [6.45, 7) is 3.72. The van der Waals surface area contributed by atoms with Gasteiger partial charge in [0.25, 0.3) is 15.9 Å².